The predicted molar refractivity (Wildman–Crippen MR) is 211 cm³/mol. The van der Waals surface area contributed by atoms with Gasteiger partial charge in [0.15, 0.2) is 5.75 Å². The Morgan fingerprint density at radius 2 is 1.68 bits per heavy atom. The number of carbonyl (C=O) groups excluding carboxylic acids is 2. The molecule has 0 radical (unpaired) electrons. The van der Waals surface area contributed by atoms with Crippen LogP contribution in [-0.2, 0) is 19.6 Å². The van der Waals surface area contributed by atoms with Crippen LogP contribution in [0.5, 0.6) is 5.75 Å². The lowest BCUT2D eigenvalue weighted by atomic mass is 9.47. The van der Waals surface area contributed by atoms with Gasteiger partial charge in [-0.15, -0.1) is 6.58 Å². The summed E-state index contributed by atoms with van der Waals surface area (Å²) in [5, 5.41) is 0. The minimum Gasteiger partial charge on any atom is -0.458 e. The Bertz CT molecular complexity index is 1580. The average molecular weight is 753 g/mol. The zero-order valence-electron chi connectivity index (χ0n) is 33.4. The molecule has 8 atom stereocenters. The van der Waals surface area contributed by atoms with Crippen molar-refractivity contribution in [2.45, 2.75) is 168 Å². The number of rotatable bonds is 18. The highest BCUT2D eigenvalue weighted by Crippen LogP contribution is 2.67. The van der Waals surface area contributed by atoms with E-state index < -0.39 is 27.0 Å². The van der Waals surface area contributed by atoms with Gasteiger partial charge in [-0.1, -0.05) is 97.3 Å². The SMILES string of the molecule is C=CCCCCCCCCC(=O)Oc1ccc(C(=O)O[C@H]2CC[C@@]3(C)C(=CC[C@H]4[C@@H]5CC[C@H]([C@H](C)CCCC(C)C)[C@@]5(C)CC[C@@H]43)C2)cc1S(=O)(=O)O. The van der Waals surface area contributed by atoms with Crippen LogP contribution in [0, 0.1) is 46.3 Å². The van der Waals surface area contributed by atoms with Crippen molar-refractivity contribution in [3.8, 4) is 5.75 Å². The lowest BCUT2D eigenvalue weighted by Gasteiger charge is -2.58. The first-order valence-electron chi connectivity index (χ1n) is 21.0. The first-order valence-corrected chi connectivity index (χ1v) is 22.4. The highest BCUT2D eigenvalue weighted by Gasteiger charge is 2.59. The molecular formula is C45H68O7S. The van der Waals surface area contributed by atoms with Crippen molar-refractivity contribution in [1.29, 1.82) is 0 Å². The number of allylic oxidation sites excluding steroid dienone is 2. The van der Waals surface area contributed by atoms with E-state index in [-0.39, 0.29) is 29.3 Å². The fraction of sp³-hybridized carbons (Fsp3) is 0.733. The molecule has 0 bridgehead atoms. The number of hydrogen-bond donors (Lipinski definition) is 1. The van der Waals surface area contributed by atoms with Gasteiger partial charge in [0.1, 0.15) is 11.0 Å². The van der Waals surface area contributed by atoms with Crippen molar-refractivity contribution >= 4 is 22.1 Å². The molecule has 0 amide bonds. The molecule has 3 saturated carbocycles. The number of hydrogen-bond acceptors (Lipinski definition) is 6. The lowest BCUT2D eigenvalue weighted by Crippen LogP contribution is -2.51. The number of unbranched alkanes of at least 4 members (excludes halogenated alkanes) is 6. The summed E-state index contributed by atoms with van der Waals surface area (Å²) in [5.74, 6) is 3.06. The van der Waals surface area contributed by atoms with Gasteiger partial charge in [0.2, 0.25) is 0 Å². The molecule has 0 aliphatic heterocycles. The molecule has 1 N–H and O–H groups in total. The van der Waals surface area contributed by atoms with Gasteiger partial charge in [-0.3, -0.25) is 9.35 Å². The van der Waals surface area contributed by atoms with Crippen molar-refractivity contribution in [3.63, 3.8) is 0 Å². The van der Waals surface area contributed by atoms with Crippen LogP contribution in [0.1, 0.15) is 167 Å². The van der Waals surface area contributed by atoms with Crippen LogP contribution >= 0.6 is 0 Å². The highest BCUT2D eigenvalue weighted by molar-refractivity contribution is 7.86. The largest absolute Gasteiger partial charge is 0.458 e. The molecular weight excluding hydrogens is 685 g/mol. The van der Waals surface area contributed by atoms with Crippen LogP contribution < -0.4 is 4.74 Å². The molecule has 0 aromatic heterocycles. The third-order valence-corrected chi connectivity index (χ3v) is 15.1. The molecule has 296 valence electrons. The topological polar surface area (TPSA) is 107 Å². The van der Waals surface area contributed by atoms with Gasteiger partial charge in [0.25, 0.3) is 10.1 Å². The molecule has 4 aliphatic rings. The van der Waals surface area contributed by atoms with Gasteiger partial charge >= 0.3 is 11.9 Å². The van der Waals surface area contributed by atoms with Crippen LogP contribution in [0.3, 0.4) is 0 Å². The van der Waals surface area contributed by atoms with E-state index in [1.54, 1.807) is 0 Å². The fourth-order valence-electron chi connectivity index (χ4n) is 11.3. The minimum absolute atomic E-state index is 0.000638. The van der Waals surface area contributed by atoms with Crippen molar-refractivity contribution in [2.24, 2.45) is 46.3 Å². The van der Waals surface area contributed by atoms with Crippen LogP contribution in [0.4, 0.5) is 0 Å². The standard InChI is InChI=1S/C45H68O7S/c1-7-8-9-10-11-12-13-14-18-42(46)52-40-24-19-33(29-41(40)53(48,49)50)43(47)51-35-25-27-44(5)34(30-35)20-21-36-38-23-22-37(32(4)17-15-16-31(2)3)45(38,6)28-26-39(36)44/h7,19-20,24,29,31-32,35-39H,1,8-18,21-23,25-28,30H2,2-6H3,(H,48,49,50)/t32-,35+,36+,37-,38+,39+,44+,45-/m1/s1. The molecule has 0 saturated heterocycles. The molecule has 1 aromatic carbocycles. The average Bonchev–Trinajstić information content (AvgIpc) is 3.46. The number of fused-ring (bicyclic) bond motifs is 5. The smallest absolute Gasteiger partial charge is 0.338 e. The van der Waals surface area contributed by atoms with Crippen LogP contribution in [-0.4, -0.2) is 31.0 Å². The van der Waals surface area contributed by atoms with Gasteiger partial charge in [0, 0.05) is 12.8 Å². The van der Waals surface area contributed by atoms with Crippen molar-refractivity contribution in [3.05, 3.63) is 48.1 Å². The third kappa shape index (κ3) is 9.87. The van der Waals surface area contributed by atoms with Crippen LogP contribution in [0.25, 0.3) is 0 Å². The summed E-state index contributed by atoms with van der Waals surface area (Å²) in [6, 6.07) is 3.72. The molecule has 0 spiro atoms. The second-order valence-electron chi connectivity index (χ2n) is 18.1. The summed E-state index contributed by atoms with van der Waals surface area (Å²) in [6.45, 7) is 16.0. The molecule has 1 aromatic rings. The molecule has 4 aliphatic carbocycles. The summed E-state index contributed by atoms with van der Waals surface area (Å²) < 4.78 is 46.0. The normalized spacial score (nSPS) is 30.1. The fourth-order valence-corrected chi connectivity index (χ4v) is 12.0. The summed E-state index contributed by atoms with van der Waals surface area (Å²) >= 11 is 0. The van der Waals surface area contributed by atoms with E-state index >= 15 is 0 Å². The van der Waals surface area contributed by atoms with Gasteiger partial charge in [-0.05, 0) is 129 Å². The van der Waals surface area contributed by atoms with E-state index in [2.05, 4.69) is 47.3 Å². The zero-order valence-corrected chi connectivity index (χ0v) is 34.2. The van der Waals surface area contributed by atoms with Gasteiger partial charge in [0.05, 0.1) is 5.56 Å². The molecule has 7 nitrogen and oxygen atoms in total. The van der Waals surface area contributed by atoms with Crippen LogP contribution in [0.15, 0.2) is 47.4 Å². The molecule has 0 unspecified atom stereocenters. The van der Waals surface area contributed by atoms with Crippen molar-refractivity contribution < 1.29 is 32.0 Å². The predicted octanol–water partition coefficient (Wildman–Crippen LogP) is 11.7. The Kier molecular flexibility index (Phi) is 14.2. The van der Waals surface area contributed by atoms with Crippen molar-refractivity contribution in [2.75, 3.05) is 0 Å². The first kappa shape index (κ1) is 41.7. The monoisotopic (exact) mass is 752 g/mol. The molecule has 3 fully saturated rings. The minimum atomic E-state index is -4.77. The van der Waals surface area contributed by atoms with Gasteiger partial charge < -0.3 is 9.47 Å². The number of esters is 2. The van der Waals surface area contributed by atoms with E-state index in [4.69, 9.17) is 9.47 Å². The number of benzene rings is 1. The Balaban J connectivity index is 1.17. The third-order valence-electron chi connectivity index (χ3n) is 14.3. The zero-order chi connectivity index (χ0) is 38.4. The van der Waals surface area contributed by atoms with E-state index in [0.29, 0.717) is 24.2 Å². The molecule has 5 rings (SSSR count). The highest BCUT2D eigenvalue weighted by atomic mass is 32.2. The Hall–Kier alpha value is -2.45. The number of ether oxygens (including phenoxy) is 2. The second kappa shape index (κ2) is 18.0. The lowest BCUT2D eigenvalue weighted by molar-refractivity contribution is -0.134. The quantitative estimate of drug-likeness (QED) is 0.0523. The van der Waals surface area contributed by atoms with Crippen LogP contribution in [0.2, 0.25) is 0 Å². The number of carbonyl (C=O) groups is 2. The second-order valence-corrected chi connectivity index (χ2v) is 19.5. The summed E-state index contributed by atoms with van der Waals surface area (Å²) in [6.07, 6.45) is 24.0. The first-order chi connectivity index (χ1) is 25.2. The summed E-state index contributed by atoms with van der Waals surface area (Å²) in [5.41, 5.74) is 1.97. The Morgan fingerprint density at radius 3 is 2.40 bits per heavy atom. The maximum absolute atomic E-state index is 13.4. The van der Waals surface area contributed by atoms with Crippen molar-refractivity contribution in [1.82, 2.24) is 0 Å². The maximum Gasteiger partial charge on any atom is 0.338 e. The molecule has 53 heavy (non-hydrogen) atoms. The van der Waals surface area contributed by atoms with E-state index in [1.165, 1.54) is 62.7 Å². The summed E-state index contributed by atoms with van der Waals surface area (Å²) in [7, 11) is -4.77. The van der Waals surface area contributed by atoms with E-state index in [1.807, 2.05) is 6.08 Å². The Labute approximate surface area is 320 Å². The Morgan fingerprint density at radius 1 is 0.943 bits per heavy atom. The summed E-state index contributed by atoms with van der Waals surface area (Å²) in [4.78, 5) is 25.3. The van der Waals surface area contributed by atoms with E-state index in [9.17, 15) is 22.6 Å². The maximum atomic E-state index is 13.4. The molecule has 0 heterocycles. The molecule has 8 heteroatoms. The van der Waals surface area contributed by atoms with Gasteiger partial charge in [-0.25, -0.2) is 4.79 Å². The van der Waals surface area contributed by atoms with Gasteiger partial charge in [-0.2, -0.15) is 8.42 Å². The van der Waals surface area contributed by atoms with E-state index in [0.717, 1.165) is 93.4 Å².